The first-order valence-corrected chi connectivity index (χ1v) is 7.49. The van der Waals surface area contributed by atoms with E-state index in [0.29, 0.717) is 5.92 Å². The normalized spacial score (nSPS) is 10.8. The molecule has 0 aromatic carbocycles. The zero-order chi connectivity index (χ0) is 14.1. The third-order valence-corrected chi connectivity index (χ3v) is 2.96. The number of anilines is 2. The molecule has 1 N–H and O–H groups in total. The Morgan fingerprint density at radius 3 is 2.47 bits per heavy atom. The zero-order valence-corrected chi connectivity index (χ0v) is 12.8. The molecule has 0 aliphatic carbocycles. The van der Waals surface area contributed by atoms with Gasteiger partial charge in [0.1, 0.15) is 5.82 Å². The lowest BCUT2D eigenvalue weighted by atomic mass is 10.1. The molecule has 19 heavy (non-hydrogen) atoms. The van der Waals surface area contributed by atoms with E-state index in [1.165, 1.54) is 0 Å². The van der Waals surface area contributed by atoms with Crippen LogP contribution in [0.15, 0.2) is 12.3 Å². The van der Waals surface area contributed by atoms with Gasteiger partial charge in [0.2, 0.25) is 5.95 Å². The minimum absolute atomic E-state index is 0.701. The Hall–Kier alpha value is -1.32. The SMILES string of the molecule is CCCN(CCC)c1ccnc(NCCC(C)C)n1. The Balaban J connectivity index is 2.63. The molecular weight excluding hydrogens is 236 g/mol. The van der Waals surface area contributed by atoms with Crippen LogP contribution in [-0.2, 0) is 0 Å². The molecule has 0 fully saturated rings. The predicted molar refractivity (Wildman–Crippen MR) is 82.8 cm³/mol. The third-order valence-electron chi connectivity index (χ3n) is 2.96. The molecule has 0 spiro atoms. The highest BCUT2D eigenvalue weighted by Gasteiger charge is 2.07. The fourth-order valence-corrected chi connectivity index (χ4v) is 1.96. The molecule has 0 aliphatic heterocycles. The van der Waals surface area contributed by atoms with Crippen molar-refractivity contribution in [1.29, 1.82) is 0 Å². The highest BCUT2D eigenvalue weighted by atomic mass is 15.2. The molecular formula is C15H28N4. The maximum atomic E-state index is 4.61. The van der Waals surface area contributed by atoms with Crippen LogP contribution in [0.3, 0.4) is 0 Å². The van der Waals surface area contributed by atoms with Gasteiger partial charge >= 0.3 is 0 Å². The summed E-state index contributed by atoms with van der Waals surface area (Å²) in [5, 5.41) is 3.31. The van der Waals surface area contributed by atoms with Crippen LogP contribution in [0, 0.1) is 5.92 Å². The average molecular weight is 264 g/mol. The minimum Gasteiger partial charge on any atom is -0.356 e. The molecule has 0 saturated carbocycles. The molecule has 1 rings (SSSR count). The molecule has 0 bridgehead atoms. The molecule has 0 aliphatic rings. The summed E-state index contributed by atoms with van der Waals surface area (Å²) in [5.74, 6) is 2.48. The van der Waals surface area contributed by atoms with Crippen molar-refractivity contribution in [2.75, 3.05) is 29.9 Å². The standard InChI is InChI=1S/C15H28N4/c1-5-11-19(12-6-2)14-8-10-17-15(18-14)16-9-7-13(3)4/h8,10,13H,5-7,9,11-12H2,1-4H3,(H,16,17,18). The second-order valence-electron chi connectivity index (χ2n) is 5.33. The molecule has 0 saturated heterocycles. The first-order valence-electron chi connectivity index (χ1n) is 7.49. The summed E-state index contributed by atoms with van der Waals surface area (Å²) in [4.78, 5) is 11.2. The highest BCUT2D eigenvalue weighted by Crippen LogP contribution is 2.13. The molecule has 1 heterocycles. The van der Waals surface area contributed by atoms with Gasteiger partial charge in [0.05, 0.1) is 0 Å². The number of hydrogen-bond donors (Lipinski definition) is 1. The van der Waals surface area contributed by atoms with Crippen molar-refractivity contribution in [1.82, 2.24) is 9.97 Å². The van der Waals surface area contributed by atoms with Crippen LogP contribution >= 0.6 is 0 Å². The highest BCUT2D eigenvalue weighted by molar-refractivity contribution is 5.42. The molecule has 4 nitrogen and oxygen atoms in total. The summed E-state index contributed by atoms with van der Waals surface area (Å²) in [6.07, 6.45) is 5.26. The molecule has 1 aromatic heterocycles. The first kappa shape index (κ1) is 15.7. The van der Waals surface area contributed by atoms with E-state index in [0.717, 1.165) is 50.7 Å². The van der Waals surface area contributed by atoms with Crippen molar-refractivity contribution < 1.29 is 0 Å². The predicted octanol–water partition coefficient (Wildman–Crippen LogP) is 3.56. The van der Waals surface area contributed by atoms with E-state index in [2.05, 4.69) is 47.9 Å². The number of hydrogen-bond acceptors (Lipinski definition) is 4. The number of rotatable bonds is 9. The molecule has 108 valence electrons. The van der Waals surface area contributed by atoms with E-state index in [4.69, 9.17) is 0 Å². The van der Waals surface area contributed by atoms with Gasteiger partial charge in [-0.2, -0.15) is 4.98 Å². The van der Waals surface area contributed by atoms with Gasteiger partial charge in [-0.1, -0.05) is 27.7 Å². The van der Waals surface area contributed by atoms with Gasteiger partial charge in [0.15, 0.2) is 0 Å². The van der Waals surface area contributed by atoms with Crippen molar-refractivity contribution in [3.63, 3.8) is 0 Å². The molecule has 0 radical (unpaired) electrons. The van der Waals surface area contributed by atoms with Gasteiger partial charge in [0.25, 0.3) is 0 Å². The van der Waals surface area contributed by atoms with Gasteiger partial charge in [-0.3, -0.25) is 0 Å². The van der Waals surface area contributed by atoms with E-state index >= 15 is 0 Å². The quantitative estimate of drug-likeness (QED) is 0.740. The molecule has 0 amide bonds. The monoisotopic (exact) mass is 264 g/mol. The van der Waals surface area contributed by atoms with E-state index in [1.54, 1.807) is 0 Å². The fraction of sp³-hybridized carbons (Fsp3) is 0.733. The number of aromatic nitrogens is 2. The first-order chi connectivity index (χ1) is 9.17. The van der Waals surface area contributed by atoms with E-state index in [-0.39, 0.29) is 0 Å². The Morgan fingerprint density at radius 1 is 1.21 bits per heavy atom. The average Bonchev–Trinajstić information content (AvgIpc) is 2.38. The smallest absolute Gasteiger partial charge is 0.224 e. The summed E-state index contributed by atoms with van der Waals surface area (Å²) < 4.78 is 0. The van der Waals surface area contributed by atoms with Crippen LogP contribution in [0.25, 0.3) is 0 Å². The van der Waals surface area contributed by atoms with Gasteiger partial charge in [0, 0.05) is 25.8 Å². The molecule has 0 unspecified atom stereocenters. The lowest BCUT2D eigenvalue weighted by Gasteiger charge is -2.22. The van der Waals surface area contributed by atoms with Crippen LogP contribution in [0.5, 0.6) is 0 Å². The lowest BCUT2D eigenvalue weighted by Crippen LogP contribution is -2.26. The number of nitrogens with one attached hydrogen (secondary N) is 1. The summed E-state index contributed by atoms with van der Waals surface area (Å²) >= 11 is 0. The van der Waals surface area contributed by atoms with Gasteiger partial charge in [-0.25, -0.2) is 4.98 Å². The van der Waals surface area contributed by atoms with Gasteiger partial charge in [-0.05, 0) is 31.2 Å². The van der Waals surface area contributed by atoms with Gasteiger partial charge in [-0.15, -0.1) is 0 Å². The maximum absolute atomic E-state index is 4.61. The summed E-state index contributed by atoms with van der Waals surface area (Å²) in [7, 11) is 0. The van der Waals surface area contributed by atoms with Crippen molar-refractivity contribution in [2.24, 2.45) is 5.92 Å². The summed E-state index contributed by atoms with van der Waals surface area (Å²) in [6, 6.07) is 2.00. The molecule has 4 heteroatoms. The minimum atomic E-state index is 0.701. The van der Waals surface area contributed by atoms with Crippen molar-refractivity contribution in [3.05, 3.63) is 12.3 Å². The lowest BCUT2D eigenvalue weighted by molar-refractivity contribution is 0.605. The van der Waals surface area contributed by atoms with Crippen LogP contribution < -0.4 is 10.2 Å². The Labute approximate surface area is 117 Å². The zero-order valence-electron chi connectivity index (χ0n) is 12.8. The largest absolute Gasteiger partial charge is 0.356 e. The summed E-state index contributed by atoms with van der Waals surface area (Å²) in [5.41, 5.74) is 0. The van der Waals surface area contributed by atoms with Gasteiger partial charge < -0.3 is 10.2 Å². The third kappa shape index (κ3) is 5.90. The van der Waals surface area contributed by atoms with Crippen LogP contribution in [0.4, 0.5) is 11.8 Å². The van der Waals surface area contributed by atoms with Crippen molar-refractivity contribution >= 4 is 11.8 Å². The van der Waals surface area contributed by atoms with Crippen molar-refractivity contribution in [2.45, 2.75) is 47.0 Å². The van der Waals surface area contributed by atoms with Crippen LogP contribution in [0.2, 0.25) is 0 Å². The fourth-order valence-electron chi connectivity index (χ4n) is 1.96. The number of nitrogens with zero attached hydrogens (tertiary/aromatic N) is 3. The molecule has 0 atom stereocenters. The van der Waals surface area contributed by atoms with E-state index in [1.807, 2.05) is 12.3 Å². The summed E-state index contributed by atoms with van der Waals surface area (Å²) in [6.45, 7) is 11.9. The second-order valence-corrected chi connectivity index (χ2v) is 5.33. The second kappa shape index (κ2) is 8.73. The Morgan fingerprint density at radius 2 is 1.89 bits per heavy atom. The van der Waals surface area contributed by atoms with E-state index < -0.39 is 0 Å². The Bertz CT molecular complexity index is 346. The topological polar surface area (TPSA) is 41.1 Å². The van der Waals surface area contributed by atoms with Crippen LogP contribution in [-0.4, -0.2) is 29.6 Å². The Kier molecular flexibility index (Phi) is 7.23. The van der Waals surface area contributed by atoms with Crippen molar-refractivity contribution in [3.8, 4) is 0 Å². The van der Waals surface area contributed by atoms with Crippen LogP contribution in [0.1, 0.15) is 47.0 Å². The molecule has 1 aromatic rings. The van der Waals surface area contributed by atoms with E-state index in [9.17, 15) is 0 Å². The maximum Gasteiger partial charge on any atom is 0.224 e.